The number of hydrogen-bond acceptors (Lipinski definition) is 5. The maximum absolute atomic E-state index is 12.0. The van der Waals surface area contributed by atoms with Crippen LogP contribution in [0.5, 0.6) is 0 Å². The number of aromatic nitrogens is 1. The average Bonchev–Trinajstić information content (AvgIpc) is 3.29. The molecule has 0 aliphatic carbocycles. The van der Waals surface area contributed by atoms with E-state index >= 15 is 0 Å². The van der Waals surface area contributed by atoms with E-state index in [1.807, 2.05) is 9.80 Å². The number of carbonyl (C=O) groups excluding carboxylic acids is 1. The summed E-state index contributed by atoms with van der Waals surface area (Å²) in [6, 6.07) is 7.02. The first kappa shape index (κ1) is 17.9. The molecule has 142 valence electrons. The Hall–Kier alpha value is -2.54. The molecule has 2 aliphatic rings. The van der Waals surface area contributed by atoms with Gasteiger partial charge in [-0.3, -0.25) is 4.79 Å². The molecule has 0 spiro atoms. The fourth-order valence-corrected chi connectivity index (χ4v) is 4.06. The molecule has 2 aromatic rings. The van der Waals surface area contributed by atoms with Crippen molar-refractivity contribution in [3.05, 3.63) is 34.9 Å². The van der Waals surface area contributed by atoms with E-state index in [2.05, 4.69) is 5.16 Å². The van der Waals surface area contributed by atoms with Gasteiger partial charge in [-0.1, -0.05) is 16.8 Å². The molecule has 7 nitrogen and oxygen atoms in total. The summed E-state index contributed by atoms with van der Waals surface area (Å²) >= 11 is 5.91. The highest BCUT2D eigenvalue weighted by Gasteiger charge is 2.34. The standard InChI is InChI=1S/C19H20ClN3O4/c20-13-5-3-12(4-6-13)17-16(19(25)26)18(21-27-17)22-10-7-14(8-11-22)23-9-1-2-15(23)24/h3-6,14H,1-2,7-11H2,(H,25,26). The lowest BCUT2D eigenvalue weighted by molar-refractivity contribution is -0.130. The number of aromatic carboxylic acids is 1. The number of likely N-dealkylation sites (tertiary alicyclic amines) is 1. The second-order valence-electron chi connectivity index (χ2n) is 6.93. The highest BCUT2D eigenvalue weighted by atomic mass is 35.5. The van der Waals surface area contributed by atoms with Gasteiger partial charge in [-0.25, -0.2) is 4.79 Å². The van der Waals surface area contributed by atoms with Crippen LogP contribution in [-0.2, 0) is 4.79 Å². The number of carboxylic acid groups (broad SMARTS) is 1. The predicted molar refractivity (Wildman–Crippen MR) is 100 cm³/mol. The number of carbonyl (C=O) groups is 2. The molecule has 1 aromatic carbocycles. The minimum absolute atomic E-state index is 0.0630. The van der Waals surface area contributed by atoms with E-state index in [0.717, 1.165) is 25.8 Å². The Balaban J connectivity index is 1.55. The fourth-order valence-electron chi connectivity index (χ4n) is 3.93. The smallest absolute Gasteiger partial charge is 0.343 e. The highest BCUT2D eigenvalue weighted by Crippen LogP contribution is 2.34. The first-order valence-electron chi connectivity index (χ1n) is 9.08. The Morgan fingerprint density at radius 2 is 1.89 bits per heavy atom. The molecule has 8 heteroatoms. The van der Waals surface area contributed by atoms with Gasteiger partial charge in [0.1, 0.15) is 0 Å². The quantitative estimate of drug-likeness (QED) is 0.863. The minimum Gasteiger partial charge on any atom is -0.477 e. The van der Waals surface area contributed by atoms with Gasteiger partial charge in [-0.05, 0) is 43.5 Å². The van der Waals surface area contributed by atoms with Gasteiger partial charge in [0.15, 0.2) is 17.1 Å². The SMILES string of the molecule is O=C(O)c1c(N2CCC(N3CCCC3=O)CC2)noc1-c1ccc(Cl)cc1. The largest absolute Gasteiger partial charge is 0.477 e. The Bertz CT molecular complexity index is 856. The van der Waals surface area contributed by atoms with Crippen molar-refractivity contribution in [1.82, 2.24) is 10.1 Å². The maximum Gasteiger partial charge on any atom is 0.343 e. The fraction of sp³-hybridized carbons (Fsp3) is 0.421. The molecule has 1 amide bonds. The van der Waals surface area contributed by atoms with Crippen LogP contribution in [0.2, 0.25) is 5.02 Å². The molecule has 27 heavy (non-hydrogen) atoms. The summed E-state index contributed by atoms with van der Waals surface area (Å²) in [5.41, 5.74) is 0.682. The van der Waals surface area contributed by atoms with Crippen LogP contribution in [0.1, 0.15) is 36.0 Å². The van der Waals surface area contributed by atoms with Crippen molar-refractivity contribution in [3.8, 4) is 11.3 Å². The number of halogens is 1. The molecule has 3 heterocycles. The summed E-state index contributed by atoms with van der Waals surface area (Å²) in [5, 5.41) is 14.4. The van der Waals surface area contributed by atoms with Gasteiger partial charge in [-0.2, -0.15) is 0 Å². The van der Waals surface area contributed by atoms with Crippen molar-refractivity contribution in [3.63, 3.8) is 0 Å². The lowest BCUT2D eigenvalue weighted by Gasteiger charge is -2.36. The molecule has 4 rings (SSSR count). The van der Waals surface area contributed by atoms with E-state index in [1.165, 1.54) is 0 Å². The van der Waals surface area contributed by atoms with E-state index in [4.69, 9.17) is 16.1 Å². The molecule has 2 fully saturated rings. The molecule has 0 bridgehead atoms. The van der Waals surface area contributed by atoms with E-state index in [9.17, 15) is 14.7 Å². The molecule has 2 saturated heterocycles. The predicted octanol–water partition coefficient (Wildman–Crippen LogP) is 3.28. The molecule has 2 aliphatic heterocycles. The Labute approximate surface area is 161 Å². The molecular formula is C19H20ClN3O4. The first-order chi connectivity index (χ1) is 13.0. The van der Waals surface area contributed by atoms with Gasteiger partial charge < -0.3 is 19.4 Å². The molecule has 0 unspecified atom stereocenters. The topological polar surface area (TPSA) is 86.9 Å². The van der Waals surface area contributed by atoms with Gasteiger partial charge in [0.05, 0.1) is 0 Å². The van der Waals surface area contributed by atoms with Gasteiger partial charge in [-0.15, -0.1) is 0 Å². The van der Waals surface area contributed by atoms with E-state index < -0.39 is 5.97 Å². The monoisotopic (exact) mass is 389 g/mol. The van der Waals surface area contributed by atoms with Gasteiger partial charge in [0.2, 0.25) is 5.91 Å². The summed E-state index contributed by atoms with van der Waals surface area (Å²) in [6.07, 6.45) is 3.16. The lowest BCUT2D eigenvalue weighted by atomic mass is 10.0. The molecule has 1 aromatic heterocycles. The maximum atomic E-state index is 12.0. The van der Waals surface area contributed by atoms with E-state index in [1.54, 1.807) is 24.3 Å². The summed E-state index contributed by atoms with van der Waals surface area (Å²) < 4.78 is 5.40. The lowest BCUT2D eigenvalue weighted by Crippen LogP contribution is -2.45. The normalized spacial score (nSPS) is 18.3. The van der Waals surface area contributed by atoms with E-state index in [-0.39, 0.29) is 23.3 Å². The van der Waals surface area contributed by atoms with E-state index in [0.29, 0.717) is 35.9 Å². The number of hydrogen-bond donors (Lipinski definition) is 1. The Morgan fingerprint density at radius 3 is 2.48 bits per heavy atom. The van der Waals surface area contributed by atoms with Crippen molar-refractivity contribution in [1.29, 1.82) is 0 Å². The number of amides is 1. The number of nitrogens with zero attached hydrogens (tertiary/aromatic N) is 3. The van der Waals surface area contributed by atoms with Gasteiger partial charge in [0, 0.05) is 42.7 Å². The molecule has 1 N–H and O–H groups in total. The molecular weight excluding hydrogens is 370 g/mol. The number of anilines is 1. The van der Waals surface area contributed by atoms with Crippen LogP contribution in [0.25, 0.3) is 11.3 Å². The summed E-state index contributed by atoms with van der Waals surface area (Å²) in [5.74, 6) is -0.274. The zero-order chi connectivity index (χ0) is 19.0. The Kier molecular flexibility index (Phi) is 4.78. The third-order valence-corrected chi connectivity index (χ3v) is 5.56. The zero-order valence-electron chi connectivity index (χ0n) is 14.7. The second-order valence-corrected chi connectivity index (χ2v) is 7.37. The molecule has 0 saturated carbocycles. The Morgan fingerprint density at radius 1 is 1.19 bits per heavy atom. The van der Waals surface area contributed by atoms with Gasteiger partial charge >= 0.3 is 5.97 Å². The summed E-state index contributed by atoms with van der Waals surface area (Å²) in [7, 11) is 0. The van der Waals surface area contributed by atoms with Crippen LogP contribution in [0.4, 0.5) is 5.82 Å². The number of piperidine rings is 1. The van der Waals surface area contributed by atoms with Crippen molar-refractivity contribution in [2.45, 2.75) is 31.7 Å². The van der Waals surface area contributed by atoms with Crippen molar-refractivity contribution < 1.29 is 19.2 Å². The number of rotatable bonds is 4. The highest BCUT2D eigenvalue weighted by molar-refractivity contribution is 6.30. The van der Waals surface area contributed by atoms with Crippen LogP contribution in [0, 0.1) is 0 Å². The van der Waals surface area contributed by atoms with Crippen molar-refractivity contribution in [2.24, 2.45) is 0 Å². The summed E-state index contributed by atoms with van der Waals surface area (Å²) in [4.78, 5) is 27.8. The summed E-state index contributed by atoms with van der Waals surface area (Å²) in [6.45, 7) is 2.11. The third-order valence-electron chi connectivity index (χ3n) is 5.31. The van der Waals surface area contributed by atoms with Crippen LogP contribution in [0.15, 0.2) is 28.8 Å². The van der Waals surface area contributed by atoms with Crippen LogP contribution >= 0.6 is 11.6 Å². The van der Waals surface area contributed by atoms with Crippen LogP contribution < -0.4 is 4.90 Å². The number of benzene rings is 1. The third kappa shape index (κ3) is 3.39. The molecule has 0 atom stereocenters. The van der Waals surface area contributed by atoms with Crippen molar-refractivity contribution in [2.75, 3.05) is 24.5 Å². The van der Waals surface area contributed by atoms with Crippen LogP contribution in [-0.4, -0.2) is 52.7 Å². The van der Waals surface area contributed by atoms with Crippen LogP contribution in [0.3, 0.4) is 0 Å². The average molecular weight is 390 g/mol. The zero-order valence-corrected chi connectivity index (χ0v) is 15.5. The van der Waals surface area contributed by atoms with Gasteiger partial charge in [0.25, 0.3) is 0 Å². The number of carboxylic acids is 1. The van der Waals surface area contributed by atoms with Crippen molar-refractivity contribution >= 4 is 29.3 Å². The second kappa shape index (κ2) is 7.23. The molecule has 0 radical (unpaired) electrons. The first-order valence-corrected chi connectivity index (χ1v) is 9.45. The minimum atomic E-state index is -1.08.